The fourth-order valence-electron chi connectivity index (χ4n) is 4.22. The van der Waals surface area contributed by atoms with E-state index >= 15 is 0 Å². The third-order valence-corrected chi connectivity index (χ3v) is 7.31. The first-order chi connectivity index (χ1) is 18.1. The molecule has 0 radical (unpaired) electrons. The summed E-state index contributed by atoms with van der Waals surface area (Å²) in [6, 6.07) is 15.2. The zero-order valence-corrected chi connectivity index (χ0v) is 22.4. The molecule has 1 saturated heterocycles. The summed E-state index contributed by atoms with van der Waals surface area (Å²) in [5.41, 5.74) is 8.43. The molecule has 2 aromatic carbocycles. The highest BCUT2D eigenvalue weighted by Gasteiger charge is 2.17. The standard InChI is InChI=1S/C28H36N4O4S/c1-3-4-5-26(36-24-12-8-22(9-13-24)28(29)31-33)35-23-10-6-21(7-11-23)27-25(37-20(2)30-27)14-15-32-16-18-34-19-17-32/h6-13,26,33H,3-5,14-19H2,1-2H3,(H2,29,31). The molecule has 0 aliphatic carbocycles. The molecule has 198 valence electrons. The normalized spacial score (nSPS) is 15.5. The van der Waals surface area contributed by atoms with Crippen LogP contribution in [0.3, 0.4) is 0 Å². The van der Waals surface area contributed by atoms with Crippen molar-refractivity contribution in [2.45, 2.75) is 45.8 Å². The number of hydrogen-bond acceptors (Lipinski definition) is 8. The number of thiazole rings is 1. The highest BCUT2D eigenvalue weighted by atomic mass is 32.1. The van der Waals surface area contributed by atoms with E-state index in [2.05, 4.69) is 36.0 Å². The van der Waals surface area contributed by atoms with Crippen molar-refractivity contribution in [1.29, 1.82) is 0 Å². The summed E-state index contributed by atoms with van der Waals surface area (Å²) in [5, 5.41) is 13.0. The van der Waals surface area contributed by atoms with Crippen molar-refractivity contribution in [3.8, 4) is 22.8 Å². The van der Waals surface area contributed by atoms with Gasteiger partial charge in [-0.25, -0.2) is 4.98 Å². The number of aromatic nitrogens is 1. The maximum atomic E-state index is 8.86. The first-order valence-corrected chi connectivity index (χ1v) is 13.7. The van der Waals surface area contributed by atoms with Crippen molar-refractivity contribution in [3.05, 3.63) is 64.0 Å². The molecule has 0 saturated carbocycles. The number of benzene rings is 2. The Bertz CT molecular complexity index is 1140. The Morgan fingerprint density at radius 3 is 2.38 bits per heavy atom. The van der Waals surface area contributed by atoms with Gasteiger partial charge in [0.2, 0.25) is 6.29 Å². The number of hydrogen-bond donors (Lipinski definition) is 2. The molecule has 9 heteroatoms. The summed E-state index contributed by atoms with van der Waals surface area (Å²) >= 11 is 1.78. The van der Waals surface area contributed by atoms with Crippen LogP contribution in [-0.4, -0.2) is 60.1 Å². The van der Waals surface area contributed by atoms with Gasteiger partial charge < -0.3 is 25.2 Å². The van der Waals surface area contributed by atoms with Crippen molar-refractivity contribution < 1.29 is 19.4 Å². The predicted octanol–water partition coefficient (Wildman–Crippen LogP) is 5.06. The molecule has 0 spiro atoms. The molecule has 3 N–H and O–H groups in total. The van der Waals surface area contributed by atoms with E-state index in [0.29, 0.717) is 11.3 Å². The van der Waals surface area contributed by atoms with E-state index in [9.17, 15) is 0 Å². The third-order valence-electron chi connectivity index (χ3n) is 6.28. The fourth-order valence-corrected chi connectivity index (χ4v) is 5.17. The highest BCUT2D eigenvalue weighted by Crippen LogP contribution is 2.30. The molecular weight excluding hydrogens is 488 g/mol. The number of ether oxygens (including phenoxy) is 3. The molecule has 2 heterocycles. The monoisotopic (exact) mass is 524 g/mol. The smallest absolute Gasteiger partial charge is 0.241 e. The van der Waals surface area contributed by atoms with E-state index in [4.69, 9.17) is 30.1 Å². The highest BCUT2D eigenvalue weighted by molar-refractivity contribution is 7.12. The topological polar surface area (TPSA) is 102 Å². The van der Waals surface area contributed by atoms with Gasteiger partial charge in [0, 0.05) is 42.1 Å². The van der Waals surface area contributed by atoms with Gasteiger partial charge >= 0.3 is 0 Å². The van der Waals surface area contributed by atoms with Gasteiger partial charge in [-0.3, -0.25) is 4.90 Å². The fraction of sp³-hybridized carbons (Fsp3) is 0.429. The van der Waals surface area contributed by atoms with Gasteiger partial charge in [0.25, 0.3) is 0 Å². The molecule has 1 fully saturated rings. The lowest BCUT2D eigenvalue weighted by Gasteiger charge is -2.26. The Labute approximate surface area is 222 Å². The number of morpholine rings is 1. The van der Waals surface area contributed by atoms with Crippen molar-refractivity contribution >= 4 is 17.2 Å². The Hall–Kier alpha value is -3.14. The summed E-state index contributed by atoms with van der Waals surface area (Å²) in [4.78, 5) is 8.61. The number of rotatable bonds is 12. The molecule has 1 unspecified atom stereocenters. The Balaban J connectivity index is 1.41. The van der Waals surface area contributed by atoms with Crippen LogP contribution in [0.2, 0.25) is 0 Å². The number of aryl methyl sites for hydroxylation is 1. The Morgan fingerprint density at radius 1 is 1.11 bits per heavy atom. The second kappa shape index (κ2) is 13.4. The largest absolute Gasteiger partial charge is 0.455 e. The second-order valence-electron chi connectivity index (χ2n) is 9.05. The second-order valence-corrected chi connectivity index (χ2v) is 10.3. The zero-order chi connectivity index (χ0) is 26.0. The van der Waals surface area contributed by atoms with Crippen LogP contribution in [0, 0.1) is 6.92 Å². The van der Waals surface area contributed by atoms with Gasteiger partial charge in [-0.1, -0.05) is 18.5 Å². The average Bonchev–Trinajstić information content (AvgIpc) is 3.31. The van der Waals surface area contributed by atoms with Gasteiger partial charge in [-0.15, -0.1) is 11.3 Å². The minimum absolute atomic E-state index is 0.0602. The van der Waals surface area contributed by atoms with Crippen LogP contribution in [0.5, 0.6) is 11.5 Å². The molecule has 37 heavy (non-hydrogen) atoms. The van der Waals surface area contributed by atoms with Gasteiger partial charge in [-0.2, -0.15) is 0 Å². The number of unbranched alkanes of at least 4 members (excludes halogenated alkanes) is 1. The van der Waals surface area contributed by atoms with E-state index in [-0.39, 0.29) is 5.84 Å². The predicted molar refractivity (Wildman–Crippen MR) is 147 cm³/mol. The Morgan fingerprint density at radius 2 is 1.76 bits per heavy atom. The lowest BCUT2D eigenvalue weighted by molar-refractivity contribution is -0.00211. The minimum Gasteiger partial charge on any atom is -0.455 e. The van der Waals surface area contributed by atoms with Crippen molar-refractivity contribution in [2.75, 3.05) is 32.8 Å². The van der Waals surface area contributed by atoms with Crippen LogP contribution in [0.4, 0.5) is 0 Å². The van der Waals surface area contributed by atoms with Gasteiger partial charge in [0.15, 0.2) is 5.84 Å². The van der Waals surface area contributed by atoms with E-state index < -0.39 is 6.29 Å². The van der Waals surface area contributed by atoms with E-state index in [1.165, 1.54) is 4.88 Å². The van der Waals surface area contributed by atoms with Crippen LogP contribution in [0.1, 0.15) is 41.6 Å². The summed E-state index contributed by atoms with van der Waals surface area (Å²) in [6.45, 7) is 8.86. The van der Waals surface area contributed by atoms with Gasteiger partial charge in [0.1, 0.15) is 11.5 Å². The quantitative estimate of drug-likeness (QED) is 0.112. The first kappa shape index (κ1) is 26.9. The number of oxime groups is 1. The number of nitrogens with zero attached hydrogens (tertiary/aromatic N) is 3. The van der Waals surface area contributed by atoms with Crippen molar-refractivity contribution in [2.24, 2.45) is 10.9 Å². The summed E-state index contributed by atoms with van der Waals surface area (Å²) in [7, 11) is 0. The van der Waals surface area contributed by atoms with Crippen LogP contribution in [-0.2, 0) is 11.2 Å². The lowest BCUT2D eigenvalue weighted by Crippen LogP contribution is -2.37. The van der Waals surface area contributed by atoms with E-state index in [0.717, 1.165) is 80.5 Å². The van der Waals surface area contributed by atoms with Gasteiger partial charge in [0.05, 0.1) is 23.9 Å². The first-order valence-electron chi connectivity index (χ1n) is 12.8. The average molecular weight is 525 g/mol. The van der Waals surface area contributed by atoms with Gasteiger partial charge in [-0.05, 0) is 68.3 Å². The molecular formula is C28H36N4O4S. The molecule has 3 aromatic rings. The summed E-state index contributed by atoms with van der Waals surface area (Å²) in [5.74, 6) is 1.47. The third kappa shape index (κ3) is 7.67. The maximum Gasteiger partial charge on any atom is 0.241 e. The number of amidine groups is 1. The van der Waals surface area contributed by atoms with E-state index in [1.807, 2.05) is 12.1 Å². The molecule has 1 aromatic heterocycles. The van der Waals surface area contributed by atoms with Crippen LogP contribution in [0.15, 0.2) is 53.7 Å². The van der Waals surface area contributed by atoms with Crippen LogP contribution in [0.25, 0.3) is 11.3 Å². The van der Waals surface area contributed by atoms with Crippen LogP contribution < -0.4 is 15.2 Å². The summed E-state index contributed by atoms with van der Waals surface area (Å²) in [6.07, 6.45) is 3.35. The van der Waals surface area contributed by atoms with E-state index in [1.54, 1.807) is 35.6 Å². The Kier molecular flexibility index (Phi) is 9.76. The molecule has 1 aliphatic heterocycles. The SMILES string of the molecule is CCCCC(Oc1ccc(C(N)=NO)cc1)Oc1ccc(-c2nc(C)sc2CCN2CCOCC2)cc1. The molecule has 8 nitrogen and oxygen atoms in total. The number of nitrogens with two attached hydrogens (primary N) is 1. The molecule has 1 aliphatic rings. The molecule has 0 amide bonds. The summed E-state index contributed by atoms with van der Waals surface area (Å²) < 4.78 is 17.8. The molecule has 4 rings (SSSR count). The van der Waals surface area contributed by atoms with Crippen molar-refractivity contribution in [3.63, 3.8) is 0 Å². The zero-order valence-electron chi connectivity index (χ0n) is 21.6. The maximum absolute atomic E-state index is 8.86. The van der Waals surface area contributed by atoms with Crippen LogP contribution >= 0.6 is 11.3 Å². The minimum atomic E-state index is -0.425. The lowest BCUT2D eigenvalue weighted by atomic mass is 10.1. The molecule has 0 bridgehead atoms. The molecule has 1 atom stereocenters. The van der Waals surface area contributed by atoms with Crippen molar-refractivity contribution in [1.82, 2.24) is 9.88 Å².